The van der Waals surface area contributed by atoms with Gasteiger partial charge in [0.1, 0.15) is 11.9 Å². The van der Waals surface area contributed by atoms with Gasteiger partial charge < -0.3 is 14.8 Å². The second kappa shape index (κ2) is 12.1. The van der Waals surface area contributed by atoms with Crippen molar-refractivity contribution in [1.29, 1.82) is 5.26 Å². The number of nitrogens with one attached hydrogen (secondary N) is 1. The second-order valence-electron chi connectivity index (χ2n) is 5.78. The van der Waals surface area contributed by atoms with Crippen LogP contribution in [-0.2, 0) is 13.0 Å². The van der Waals surface area contributed by atoms with Crippen molar-refractivity contribution >= 4 is 37.2 Å². The van der Waals surface area contributed by atoms with Gasteiger partial charge in [0, 0.05) is 57.6 Å². The van der Waals surface area contributed by atoms with E-state index in [-0.39, 0.29) is 42.8 Å². The fraction of sp³-hybridized carbons (Fsp3) is 0.412. The molecule has 0 spiro atoms. The number of piperazine rings is 1. The van der Waals surface area contributed by atoms with E-state index in [4.69, 9.17) is 5.26 Å². The standard InChI is InChI=1S/C17H20FN5.3ClH/c18-17-9-14(1-2-15(17)10-19)12-23-13-21-11-16(23)3-6-22-7-4-20-5-8-22;;;/h1-2,9,11,13,20H,3-8,12H2;3*1H. The fourth-order valence-corrected chi connectivity index (χ4v) is 2.85. The van der Waals surface area contributed by atoms with Gasteiger partial charge in [-0.2, -0.15) is 5.26 Å². The SMILES string of the molecule is Cl.Cl.Cl.N#Cc1ccc(Cn2cncc2CCN2CCNCC2)cc1F. The first kappa shape index (κ1) is 24.6. The van der Waals surface area contributed by atoms with E-state index in [2.05, 4.69) is 15.2 Å². The molecular weight excluding hydrogens is 400 g/mol. The maximum absolute atomic E-state index is 13.7. The van der Waals surface area contributed by atoms with Crippen molar-refractivity contribution < 1.29 is 4.39 Å². The third-order valence-corrected chi connectivity index (χ3v) is 4.20. The highest BCUT2D eigenvalue weighted by atomic mass is 35.5. The van der Waals surface area contributed by atoms with Crippen LogP contribution in [0.5, 0.6) is 0 Å². The zero-order valence-corrected chi connectivity index (χ0v) is 16.7. The van der Waals surface area contributed by atoms with Gasteiger partial charge in [-0.15, -0.1) is 37.2 Å². The predicted octanol–water partition coefficient (Wildman–Crippen LogP) is 2.66. The van der Waals surface area contributed by atoms with Gasteiger partial charge in [0.05, 0.1) is 11.9 Å². The Balaban J connectivity index is 0.00000208. The molecule has 1 aromatic heterocycles. The van der Waals surface area contributed by atoms with Gasteiger partial charge in [0.15, 0.2) is 0 Å². The third-order valence-electron chi connectivity index (χ3n) is 4.20. The molecule has 3 rings (SSSR count). The minimum absolute atomic E-state index is 0. The summed E-state index contributed by atoms with van der Waals surface area (Å²) in [7, 11) is 0. The number of halogens is 4. The maximum Gasteiger partial charge on any atom is 0.141 e. The molecule has 1 aliphatic heterocycles. The summed E-state index contributed by atoms with van der Waals surface area (Å²) in [4.78, 5) is 6.66. The van der Waals surface area contributed by atoms with Crippen molar-refractivity contribution in [3.63, 3.8) is 0 Å². The van der Waals surface area contributed by atoms with Crippen LogP contribution in [-0.4, -0.2) is 47.2 Å². The van der Waals surface area contributed by atoms with Crippen LogP contribution in [0.15, 0.2) is 30.7 Å². The number of hydrogen-bond acceptors (Lipinski definition) is 4. The number of hydrogen-bond donors (Lipinski definition) is 1. The molecule has 2 aromatic rings. The second-order valence-corrected chi connectivity index (χ2v) is 5.78. The molecule has 9 heteroatoms. The number of nitriles is 1. The van der Waals surface area contributed by atoms with Crippen LogP contribution in [0.2, 0.25) is 0 Å². The monoisotopic (exact) mass is 421 g/mol. The Labute approximate surface area is 171 Å². The first-order valence-corrected chi connectivity index (χ1v) is 7.87. The number of benzene rings is 1. The molecule has 1 aliphatic rings. The largest absolute Gasteiger partial charge is 0.330 e. The molecule has 0 unspecified atom stereocenters. The highest BCUT2D eigenvalue weighted by Crippen LogP contribution is 2.12. The Hall–Kier alpha value is -1.36. The first-order valence-electron chi connectivity index (χ1n) is 7.87. The molecule has 0 aliphatic carbocycles. The van der Waals surface area contributed by atoms with Crippen molar-refractivity contribution in [3.05, 3.63) is 53.4 Å². The fourth-order valence-electron chi connectivity index (χ4n) is 2.85. The van der Waals surface area contributed by atoms with E-state index in [1.54, 1.807) is 12.4 Å². The van der Waals surface area contributed by atoms with E-state index in [0.717, 1.165) is 50.4 Å². The van der Waals surface area contributed by atoms with Crippen molar-refractivity contribution in [2.75, 3.05) is 32.7 Å². The summed E-state index contributed by atoms with van der Waals surface area (Å²) in [6.45, 7) is 5.83. The number of rotatable bonds is 5. The summed E-state index contributed by atoms with van der Waals surface area (Å²) in [6, 6.07) is 6.60. The Morgan fingerprint density at radius 3 is 2.58 bits per heavy atom. The Kier molecular flexibility index (Phi) is 11.5. The van der Waals surface area contributed by atoms with Crippen molar-refractivity contribution in [1.82, 2.24) is 19.8 Å². The van der Waals surface area contributed by atoms with Crippen LogP contribution < -0.4 is 5.32 Å². The topological polar surface area (TPSA) is 56.9 Å². The van der Waals surface area contributed by atoms with Crippen LogP contribution in [0.3, 0.4) is 0 Å². The van der Waals surface area contributed by atoms with E-state index in [9.17, 15) is 4.39 Å². The molecule has 1 N–H and O–H groups in total. The normalized spacial score (nSPS) is 13.7. The van der Waals surface area contributed by atoms with Crippen molar-refractivity contribution in [2.45, 2.75) is 13.0 Å². The summed E-state index contributed by atoms with van der Waals surface area (Å²) in [5, 5.41) is 12.1. The van der Waals surface area contributed by atoms with E-state index >= 15 is 0 Å². The molecule has 0 saturated carbocycles. The maximum atomic E-state index is 13.7. The summed E-state index contributed by atoms with van der Waals surface area (Å²) < 4.78 is 15.8. The minimum atomic E-state index is -0.465. The summed E-state index contributed by atoms with van der Waals surface area (Å²) in [5.41, 5.74) is 2.06. The molecule has 2 heterocycles. The molecular formula is C17H23Cl3FN5. The highest BCUT2D eigenvalue weighted by Gasteiger charge is 2.11. The zero-order chi connectivity index (χ0) is 16.1. The van der Waals surface area contributed by atoms with Crippen LogP contribution >= 0.6 is 37.2 Å². The molecule has 0 bridgehead atoms. The van der Waals surface area contributed by atoms with E-state index in [0.29, 0.717) is 6.54 Å². The molecule has 0 radical (unpaired) electrons. The summed E-state index contributed by atoms with van der Waals surface area (Å²) in [6.07, 6.45) is 4.59. The molecule has 0 amide bonds. The number of nitrogens with zero attached hydrogens (tertiary/aromatic N) is 4. The summed E-state index contributed by atoms with van der Waals surface area (Å²) >= 11 is 0. The lowest BCUT2D eigenvalue weighted by molar-refractivity contribution is 0.242. The zero-order valence-electron chi connectivity index (χ0n) is 14.2. The highest BCUT2D eigenvalue weighted by molar-refractivity contribution is 5.86. The van der Waals surface area contributed by atoms with E-state index < -0.39 is 5.82 Å². The number of aromatic nitrogens is 2. The quantitative estimate of drug-likeness (QED) is 0.805. The Morgan fingerprint density at radius 2 is 1.92 bits per heavy atom. The van der Waals surface area contributed by atoms with Crippen LogP contribution in [0.25, 0.3) is 0 Å². The van der Waals surface area contributed by atoms with Gasteiger partial charge in [-0.1, -0.05) is 6.07 Å². The molecule has 1 fully saturated rings. The summed E-state index contributed by atoms with van der Waals surface area (Å²) in [5.74, 6) is -0.465. The van der Waals surface area contributed by atoms with Gasteiger partial charge in [0.25, 0.3) is 0 Å². The molecule has 5 nitrogen and oxygen atoms in total. The average molecular weight is 423 g/mol. The van der Waals surface area contributed by atoms with Crippen LogP contribution in [0, 0.1) is 17.1 Å². The van der Waals surface area contributed by atoms with Gasteiger partial charge >= 0.3 is 0 Å². The molecule has 144 valence electrons. The first-order chi connectivity index (χ1) is 11.3. The smallest absolute Gasteiger partial charge is 0.141 e. The van der Waals surface area contributed by atoms with Gasteiger partial charge in [-0.3, -0.25) is 0 Å². The van der Waals surface area contributed by atoms with Crippen LogP contribution in [0.4, 0.5) is 4.39 Å². The molecule has 0 atom stereocenters. The van der Waals surface area contributed by atoms with Crippen LogP contribution in [0.1, 0.15) is 16.8 Å². The molecule has 1 aromatic carbocycles. The lowest BCUT2D eigenvalue weighted by Gasteiger charge is -2.27. The minimum Gasteiger partial charge on any atom is -0.330 e. The van der Waals surface area contributed by atoms with E-state index in [1.807, 2.05) is 16.8 Å². The van der Waals surface area contributed by atoms with Gasteiger partial charge in [-0.05, 0) is 17.7 Å². The van der Waals surface area contributed by atoms with Crippen molar-refractivity contribution in [2.24, 2.45) is 0 Å². The lowest BCUT2D eigenvalue weighted by atomic mass is 10.1. The van der Waals surface area contributed by atoms with E-state index in [1.165, 1.54) is 12.1 Å². The molecule has 26 heavy (non-hydrogen) atoms. The third kappa shape index (κ3) is 6.42. The Bertz CT molecular complexity index is 711. The Morgan fingerprint density at radius 1 is 1.19 bits per heavy atom. The lowest BCUT2D eigenvalue weighted by Crippen LogP contribution is -2.44. The van der Waals surface area contributed by atoms with Gasteiger partial charge in [-0.25, -0.2) is 9.37 Å². The van der Waals surface area contributed by atoms with Gasteiger partial charge in [0.2, 0.25) is 0 Å². The van der Waals surface area contributed by atoms with Crippen molar-refractivity contribution in [3.8, 4) is 6.07 Å². The predicted molar refractivity (Wildman–Crippen MR) is 107 cm³/mol. The molecule has 1 saturated heterocycles. The number of imidazole rings is 1. The average Bonchev–Trinajstić information content (AvgIpc) is 3.01.